The number of benzene rings is 2. The number of nitrogens with zero attached hydrogens (tertiary/aromatic N) is 3. The number of rotatable bonds is 10. The first-order chi connectivity index (χ1) is 17.2. The summed E-state index contributed by atoms with van der Waals surface area (Å²) in [5.74, 6) is 1.62. The number of ether oxygens (including phenoxy) is 1. The van der Waals surface area contributed by atoms with Crippen molar-refractivity contribution < 1.29 is 14.0 Å². The summed E-state index contributed by atoms with van der Waals surface area (Å²) < 4.78 is 19.2. The van der Waals surface area contributed by atoms with Gasteiger partial charge in [0.05, 0.1) is 12.8 Å². The molecule has 2 aromatic rings. The minimum Gasteiger partial charge on any atom is -0.495 e. The van der Waals surface area contributed by atoms with Crippen LogP contribution in [0.1, 0.15) is 37.8 Å². The van der Waals surface area contributed by atoms with Gasteiger partial charge in [-0.15, -0.1) is 11.6 Å². The van der Waals surface area contributed by atoms with E-state index in [0.29, 0.717) is 29.7 Å². The molecule has 4 rings (SSSR count). The van der Waals surface area contributed by atoms with Crippen molar-refractivity contribution in [1.82, 2.24) is 4.90 Å². The fourth-order valence-electron chi connectivity index (χ4n) is 4.24. The Balaban J connectivity index is 1.62. The van der Waals surface area contributed by atoms with E-state index >= 15 is 0 Å². The van der Waals surface area contributed by atoms with Crippen LogP contribution in [0.4, 0.5) is 10.1 Å². The normalized spacial score (nSPS) is 20.8. The molecule has 0 amide bonds. The minimum atomic E-state index is -0.868. The summed E-state index contributed by atoms with van der Waals surface area (Å²) in [7, 11) is 1.62. The zero-order chi connectivity index (χ0) is 25.9. The van der Waals surface area contributed by atoms with Crippen LogP contribution in [0, 0.1) is 11.2 Å². The first-order valence-corrected chi connectivity index (χ1v) is 12.3. The Morgan fingerprint density at radius 3 is 2.58 bits per heavy atom. The zero-order valence-corrected chi connectivity index (χ0v) is 21.6. The lowest BCUT2D eigenvalue weighted by Gasteiger charge is -2.36. The van der Waals surface area contributed by atoms with E-state index in [-0.39, 0.29) is 11.2 Å². The second kappa shape index (κ2) is 10.3. The van der Waals surface area contributed by atoms with E-state index < -0.39 is 5.72 Å². The summed E-state index contributed by atoms with van der Waals surface area (Å²) in [6.45, 7) is 8.31. The van der Waals surface area contributed by atoms with Gasteiger partial charge in [0.2, 0.25) is 5.72 Å². The third kappa shape index (κ3) is 5.21. The molecule has 2 aliphatic rings. The van der Waals surface area contributed by atoms with Gasteiger partial charge >= 0.3 is 0 Å². The first kappa shape index (κ1) is 25.6. The number of nitrogens with two attached hydrogens (primary N) is 1. The Morgan fingerprint density at radius 2 is 2.00 bits per heavy atom. The van der Waals surface area contributed by atoms with Crippen LogP contribution in [-0.2, 0) is 10.6 Å². The lowest BCUT2D eigenvalue weighted by molar-refractivity contribution is -0.0948. The molecule has 1 aliphatic heterocycles. The largest absolute Gasteiger partial charge is 0.495 e. The van der Waals surface area contributed by atoms with Gasteiger partial charge in [-0.05, 0) is 55.7 Å². The number of methoxy groups -OCH3 is 1. The lowest BCUT2D eigenvalue weighted by Crippen LogP contribution is -2.46. The SMILES string of the molecule is C=CN(/C=C(/C)N)c1ccc(/C=C/C2=NOC(C)(c3ccc(F)cc3)N2CC2(CCl)CC2)cc1OC. The third-order valence-electron chi connectivity index (χ3n) is 6.67. The van der Waals surface area contributed by atoms with E-state index in [2.05, 4.69) is 16.6 Å². The molecule has 2 N–H and O–H groups in total. The molecule has 8 heteroatoms. The molecule has 0 spiro atoms. The molecule has 0 aromatic heterocycles. The van der Waals surface area contributed by atoms with Gasteiger partial charge in [-0.25, -0.2) is 4.39 Å². The zero-order valence-electron chi connectivity index (χ0n) is 20.9. The number of halogens is 2. The molecular formula is C28H32ClFN4O2. The van der Waals surface area contributed by atoms with Crippen LogP contribution in [0.25, 0.3) is 6.08 Å². The summed E-state index contributed by atoms with van der Waals surface area (Å²) >= 11 is 6.32. The Labute approximate surface area is 217 Å². The fourth-order valence-corrected chi connectivity index (χ4v) is 4.59. The molecule has 1 unspecified atom stereocenters. The Kier molecular flexibility index (Phi) is 7.31. The van der Waals surface area contributed by atoms with Crippen LogP contribution < -0.4 is 15.4 Å². The van der Waals surface area contributed by atoms with Crippen LogP contribution in [0.3, 0.4) is 0 Å². The Bertz CT molecular complexity index is 1200. The standard InChI is InChI=1S/C28H32ClFN4O2/c1-5-33(17-20(2)31)24-12-6-21(16-25(24)35-4)7-13-26-32-36-27(3,22-8-10-23(30)11-9-22)34(26)19-28(18-29)14-15-28/h5-13,16-17H,1,14-15,18-19,31H2,2-4H3/b13-7+,20-17-. The molecule has 36 heavy (non-hydrogen) atoms. The quantitative estimate of drug-likeness (QED) is 0.388. The maximum atomic E-state index is 13.6. The van der Waals surface area contributed by atoms with Gasteiger partial charge < -0.3 is 25.1 Å². The number of hydrogen-bond acceptors (Lipinski definition) is 6. The molecule has 6 nitrogen and oxygen atoms in total. The number of allylic oxidation sites excluding steroid dienone is 1. The van der Waals surface area contributed by atoms with E-state index in [1.807, 2.05) is 49.1 Å². The molecule has 1 heterocycles. The van der Waals surface area contributed by atoms with Crippen molar-refractivity contribution in [2.24, 2.45) is 16.3 Å². The van der Waals surface area contributed by atoms with Crippen molar-refractivity contribution >= 4 is 29.2 Å². The maximum Gasteiger partial charge on any atom is 0.234 e. The summed E-state index contributed by atoms with van der Waals surface area (Å²) in [5, 5.41) is 4.41. The van der Waals surface area contributed by atoms with Gasteiger partial charge in [0.15, 0.2) is 5.84 Å². The topological polar surface area (TPSA) is 63.3 Å². The van der Waals surface area contributed by atoms with Gasteiger partial charge in [0, 0.05) is 48.4 Å². The van der Waals surface area contributed by atoms with E-state index in [4.69, 9.17) is 26.9 Å². The van der Waals surface area contributed by atoms with Gasteiger partial charge in [0.25, 0.3) is 0 Å². The Hall–Kier alpha value is -3.45. The van der Waals surface area contributed by atoms with E-state index in [1.165, 1.54) is 12.1 Å². The molecule has 1 atom stereocenters. The molecule has 0 bridgehead atoms. The monoisotopic (exact) mass is 510 g/mol. The van der Waals surface area contributed by atoms with Crippen LogP contribution in [-0.4, -0.2) is 30.3 Å². The number of amidine groups is 1. The summed E-state index contributed by atoms with van der Waals surface area (Å²) in [6, 6.07) is 12.2. The highest BCUT2D eigenvalue weighted by molar-refractivity contribution is 6.18. The van der Waals surface area contributed by atoms with E-state index in [0.717, 1.165) is 29.7 Å². The molecule has 2 aromatic carbocycles. The summed E-state index contributed by atoms with van der Waals surface area (Å²) in [5.41, 5.74) is 8.22. The fraction of sp³-hybridized carbons (Fsp3) is 0.321. The highest BCUT2D eigenvalue weighted by atomic mass is 35.5. The predicted molar refractivity (Wildman–Crippen MR) is 144 cm³/mol. The number of anilines is 1. The van der Waals surface area contributed by atoms with Crippen LogP contribution in [0.15, 0.2) is 78.4 Å². The second-order valence-electron chi connectivity index (χ2n) is 9.48. The van der Waals surface area contributed by atoms with Gasteiger partial charge in [-0.1, -0.05) is 36.0 Å². The molecule has 0 saturated heterocycles. The molecular weight excluding hydrogens is 479 g/mol. The highest BCUT2D eigenvalue weighted by Gasteiger charge is 2.51. The van der Waals surface area contributed by atoms with Gasteiger partial charge in [-0.2, -0.15) is 0 Å². The van der Waals surface area contributed by atoms with Crippen molar-refractivity contribution in [2.45, 2.75) is 32.4 Å². The molecule has 1 aliphatic carbocycles. The average molecular weight is 511 g/mol. The number of hydrogen-bond donors (Lipinski definition) is 1. The number of alkyl halides is 1. The second-order valence-corrected chi connectivity index (χ2v) is 9.75. The van der Waals surface area contributed by atoms with Gasteiger partial charge in [0.1, 0.15) is 11.6 Å². The van der Waals surface area contributed by atoms with Gasteiger partial charge in [-0.3, -0.25) is 0 Å². The van der Waals surface area contributed by atoms with E-state index in [9.17, 15) is 4.39 Å². The maximum absolute atomic E-state index is 13.6. The van der Waals surface area contributed by atoms with E-state index in [1.54, 1.807) is 31.6 Å². The van der Waals surface area contributed by atoms with Crippen LogP contribution in [0.2, 0.25) is 0 Å². The van der Waals surface area contributed by atoms with Crippen molar-refractivity contribution in [3.05, 3.63) is 90.2 Å². The molecule has 190 valence electrons. The number of oxime groups is 1. The predicted octanol–water partition coefficient (Wildman–Crippen LogP) is 6.16. The van der Waals surface area contributed by atoms with Crippen molar-refractivity contribution in [3.63, 3.8) is 0 Å². The van der Waals surface area contributed by atoms with Crippen molar-refractivity contribution in [2.75, 3.05) is 24.4 Å². The van der Waals surface area contributed by atoms with Crippen molar-refractivity contribution in [3.8, 4) is 5.75 Å². The van der Waals surface area contributed by atoms with Crippen LogP contribution in [0.5, 0.6) is 5.75 Å². The molecule has 1 saturated carbocycles. The first-order valence-electron chi connectivity index (χ1n) is 11.8. The Morgan fingerprint density at radius 1 is 1.28 bits per heavy atom. The third-order valence-corrected chi connectivity index (χ3v) is 7.24. The lowest BCUT2D eigenvalue weighted by atomic mass is 9.99. The average Bonchev–Trinajstić information content (AvgIpc) is 3.59. The van der Waals surface area contributed by atoms with Crippen LogP contribution >= 0.6 is 11.6 Å². The summed E-state index contributed by atoms with van der Waals surface area (Å²) in [6.07, 6.45) is 9.44. The van der Waals surface area contributed by atoms with Crippen molar-refractivity contribution in [1.29, 1.82) is 0 Å². The smallest absolute Gasteiger partial charge is 0.234 e. The molecule has 0 radical (unpaired) electrons. The molecule has 1 fully saturated rings. The summed E-state index contributed by atoms with van der Waals surface area (Å²) in [4.78, 5) is 9.91. The highest BCUT2D eigenvalue weighted by Crippen LogP contribution is 2.50. The minimum absolute atomic E-state index is 0.0266.